The Morgan fingerprint density at radius 1 is 1.53 bits per heavy atom. The first-order valence-electron chi connectivity index (χ1n) is 6.20. The Morgan fingerprint density at radius 2 is 2.32 bits per heavy atom. The molecule has 2 atom stereocenters. The van der Waals surface area contributed by atoms with Crippen molar-refractivity contribution in [2.24, 2.45) is 5.92 Å². The number of ether oxygens (including phenoxy) is 1. The molecule has 0 amide bonds. The molecule has 19 heavy (non-hydrogen) atoms. The zero-order valence-corrected chi connectivity index (χ0v) is 11.6. The van der Waals surface area contributed by atoms with Crippen molar-refractivity contribution < 1.29 is 18.3 Å². The maximum absolute atomic E-state index is 12.0. The molecule has 2 rings (SSSR count). The summed E-state index contributed by atoms with van der Waals surface area (Å²) < 4.78 is 32.0. The number of hydrogen-bond donors (Lipinski definition) is 2. The molecule has 1 fully saturated rings. The van der Waals surface area contributed by atoms with Crippen LogP contribution in [0.15, 0.2) is 23.4 Å². The second-order valence-electron chi connectivity index (χ2n) is 4.64. The molecule has 1 aliphatic heterocycles. The molecule has 7 heteroatoms. The Bertz CT molecular complexity index is 515. The minimum Gasteiger partial charge on any atom is -0.392 e. The summed E-state index contributed by atoms with van der Waals surface area (Å²) in [7, 11) is -3.59. The lowest BCUT2D eigenvalue weighted by atomic mass is 10.0. The first kappa shape index (κ1) is 14.4. The van der Waals surface area contributed by atoms with E-state index in [2.05, 4.69) is 9.71 Å². The van der Waals surface area contributed by atoms with Gasteiger partial charge in [0.15, 0.2) is 5.03 Å². The SMILES string of the molecule is CC1OCCC1CNS(=O)(=O)c1ccc(CO)cn1. The number of pyridine rings is 1. The van der Waals surface area contributed by atoms with Crippen molar-refractivity contribution in [2.45, 2.75) is 31.1 Å². The van der Waals surface area contributed by atoms with Crippen molar-refractivity contribution in [1.82, 2.24) is 9.71 Å². The van der Waals surface area contributed by atoms with Gasteiger partial charge in [-0.15, -0.1) is 0 Å². The lowest BCUT2D eigenvalue weighted by molar-refractivity contribution is 0.107. The third-order valence-electron chi connectivity index (χ3n) is 3.32. The van der Waals surface area contributed by atoms with Crippen molar-refractivity contribution in [3.05, 3.63) is 23.9 Å². The van der Waals surface area contributed by atoms with Crippen LogP contribution < -0.4 is 4.72 Å². The monoisotopic (exact) mass is 286 g/mol. The van der Waals surface area contributed by atoms with Crippen molar-refractivity contribution in [1.29, 1.82) is 0 Å². The number of sulfonamides is 1. The van der Waals surface area contributed by atoms with Gasteiger partial charge in [-0.3, -0.25) is 0 Å². The van der Waals surface area contributed by atoms with Gasteiger partial charge in [0.2, 0.25) is 0 Å². The van der Waals surface area contributed by atoms with E-state index in [1.807, 2.05) is 6.92 Å². The molecule has 1 aliphatic rings. The van der Waals surface area contributed by atoms with Gasteiger partial charge in [0.05, 0.1) is 12.7 Å². The summed E-state index contributed by atoms with van der Waals surface area (Å²) in [5, 5.41) is 8.86. The van der Waals surface area contributed by atoms with E-state index in [0.29, 0.717) is 18.7 Å². The fraction of sp³-hybridized carbons (Fsp3) is 0.583. The lowest BCUT2D eigenvalue weighted by Gasteiger charge is -2.14. The van der Waals surface area contributed by atoms with E-state index >= 15 is 0 Å². The Kier molecular flexibility index (Phi) is 4.51. The number of aromatic nitrogens is 1. The highest BCUT2D eigenvalue weighted by atomic mass is 32.2. The zero-order valence-electron chi connectivity index (χ0n) is 10.7. The Hall–Kier alpha value is -1.02. The summed E-state index contributed by atoms with van der Waals surface area (Å²) in [6.45, 7) is 2.82. The van der Waals surface area contributed by atoms with Gasteiger partial charge < -0.3 is 9.84 Å². The second-order valence-corrected chi connectivity index (χ2v) is 6.35. The summed E-state index contributed by atoms with van der Waals surface area (Å²) in [6.07, 6.45) is 2.30. The highest BCUT2D eigenvalue weighted by molar-refractivity contribution is 7.89. The van der Waals surface area contributed by atoms with Gasteiger partial charge >= 0.3 is 0 Å². The number of nitrogens with zero attached hydrogens (tertiary/aromatic N) is 1. The van der Waals surface area contributed by atoms with Gasteiger partial charge in [0, 0.05) is 25.3 Å². The summed E-state index contributed by atoms with van der Waals surface area (Å²) in [4.78, 5) is 3.84. The minimum absolute atomic E-state index is 0.0312. The lowest BCUT2D eigenvalue weighted by Crippen LogP contribution is -2.32. The molecule has 0 spiro atoms. The van der Waals surface area contributed by atoms with Crippen molar-refractivity contribution >= 4 is 10.0 Å². The van der Waals surface area contributed by atoms with E-state index in [4.69, 9.17) is 9.84 Å². The average Bonchev–Trinajstić information content (AvgIpc) is 2.82. The van der Waals surface area contributed by atoms with Crippen LogP contribution in [0.1, 0.15) is 18.9 Å². The molecule has 0 saturated carbocycles. The van der Waals surface area contributed by atoms with Crippen LogP contribution in [-0.2, 0) is 21.4 Å². The van der Waals surface area contributed by atoms with Crippen LogP contribution in [0.3, 0.4) is 0 Å². The highest BCUT2D eigenvalue weighted by Crippen LogP contribution is 2.20. The topological polar surface area (TPSA) is 88.5 Å². The first-order valence-corrected chi connectivity index (χ1v) is 7.68. The van der Waals surface area contributed by atoms with Crippen LogP contribution in [-0.4, -0.2) is 37.8 Å². The average molecular weight is 286 g/mol. The molecule has 0 radical (unpaired) electrons. The fourth-order valence-electron chi connectivity index (χ4n) is 2.00. The molecular weight excluding hydrogens is 268 g/mol. The maximum atomic E-state index is 12.0. The summed E-state index contributed by atoms with van der Waals surface area (Å²) in [6, 6.07) is 2.94. The van der Waals surface area contributed by atoms with Crippen LogP contribution in [0.4, 0.5) is 0 Å². The van der Waals surface area contributed by atoms with Crippen molar-refractivity contribution in [2.75, 3.05) is 13.2 Å². The van der Waals surface area contributed by atoms with Crippen LogP contribution in [0.5, 0.6) is 0 Å². The highest BCUT2D eigenvalue weighted by Gasteiger charge is 2.26. The maximum Gasteiger partial charge on any atom is 0.258 e. The van der Waals surface area contributed by atoms with Crippen LogP contribution in [0, 0.1) is 5.92 Å². The normalized spacial score (nSPS) is 23.7. The van der Waals surface area contributed by atoms with E-state index in [1.54, 1.807) is 6.07 Å². The number of aliphatic hydroxyl groups excluding tert-OH is 1. The predicted octanol–water partition coefficient (Wildman–Crippen LogP) is 0.277. The summed E-state index contributed by atoms with van der Waals surface area (Å²) in [5.74, 6) is 0.200. The molecule has 1 aromatic rings. The molecule has 0 bridgehead atoms. The Morgan fingerprint density at radius 3 is 2.84 bits per heavy atom. The number of nitrogens with one attached hydrogen (secondary N) is 1. The second kappa shape index (κ2) is 5.96. The summed E-state index contributed by atoms with van der Waals surface area (Å²) in [5.41, 5.74) is 0.580. The minimum atomic E-state index is -3.59. The van der Waals surface area contributed by atoms with Gasteiger partial charge in [-0.05, 0) is 25.0 Å². The van der Waals surface area contributed by atoms with Gasteiger partial charge in [-0.2, -0.15) is 0 Å². The van der Waals surface area contributed by atoms with Crippen LogP contribution >= 0.6 is 0 Å². The van der Waals surface area contributed by atoms with Gasteiger partial charge in [0.25, 0.3) is 10.0 Å². The molecule has 1 aromatic heterocycles. The summed E-state index contributed by atoms with van der Waals surface area (Å²) >= 11 is 0. The van der Waals surface area contributed by atoms with Crippen molar-refractivity contribution in [3.63, 3.8) is 0 Å². The van der Waals surface area contributed by atoms with E-state index in [0.717, 1.165) is 6.42 Å². The number of hydrogen-bond acceptors (Lipinski definition) is 5. The molecule has 0 aliphatic carbocycles. The molecule has 6 nitrogen and oxygen atoms in total. The van der Waals surface area contributed by atoms with E-state index in [-0.39, 0.29) is 23.7 Å². The van der Waals surface area contributed by atoms with E-state index in [1.165, 1.54) is 12.3 Å². The molecule has 1 saturated heterocycles. The molecule has 2 heterocycles. The van der Waals surface area contributed by atoms with Crippen LogP contribution in [0.2, 0.25) is 0 Å². The third-order valence-corrected chi connectivity index (χ3v) is 4.66. The van der Waals surface area contributed by atoms with E-state index in [9.17, 15) is 8.42 Å². The quantitative estimate of drug-likeness (QED) is 0.811. The molecular formula is C12H18N2O4S. The molecule has 0 aromatic carbocycles. The smallest absolute Gasteiger partial charge is 0.258 e. The standard InChI is InChI=1S/C12H18N2O4S/c1-9-11(4-5-18-9)7-14-19(16,17)12-3-2-10(8-15)6-13-12/h2-3,6,9,11,14-15H,4-5,7-8H2,1H3. The van der Waals surface area contributed by atoms with Gasteiger partial charge in [0.1, 0.15) is 0 Å². The Labute approximate surface area is 112 Å². The fourth-order valence-corrected chi connectivity index (χ4v) is 3.02. The number of rotatable bonds is 5. The molecule has 106 valence electrons. The van der Waals surface area contributed by atoms with Gasteiger partial charge in [-0.25, -0.2) is 18.1 Å². The van der Waals surface area contributed by atoms with E-state index < -0.39 is 10.0 Å². The molecule has 2 N–H and O–H groups in total. The molecule has 2 unspecified atom stereocenters. The zero-order chi connectivity index (χ0) is 13.9. The van der Waals surface area contributed by atoms with Crippen LogP contribution in [0.25, 0.3) is 0 Å². The first-order chi connectivity index (χ1) is 9.03. The largest absolute Gasteiger partial charge is 0.392 e. The Balaban J connectivity index is 2.01. The van der Waals surface area contributed by atoms with Gasteiger partial charge in [-0.1, -0.05) is 6.07 Å². The van der Waals surface area contributed by atoms with Crippen molar-refractivity contribution in [3.8, 4) is 0 Å². The predicted molar refractivity (Wildman–Crippen MR) is 68.9 cm³/mol. The number of aliphatic hydroxyl groups is 1. The third kappa shape index (κ3) is 3.50.